The highest BCUT2D eigenvalue weighted by Crippen LogP contribution is 2.40. The SMILES string of the molecule is COCCCN1CCOc2ccc(CO[C@H]3CN(S(=O)(=O)c4ccc(C)cc4)[C@@H](C[C@@H](C)n4cncn4)C[C@@H]3c3ccc(OC)cc3)cc21. The zero-order valence-electron chi connectivity index (χ0n) is 28.8. The van der Waals surface area contributed by atoms with E-state index in [1.165, 1.54) is 6.33 Å². The molecule has 0 saturated carbocycles. The van der Waals surface area contributed by atoms with Gasteiger partial charge in [-0.25, -0.2) is 13.4 Å². The molecule has 0 unspecified atom stereocenters. The molecular formula is C37H47N5O6S. The molecule has 3 heterocycles. The van der Waals surface area contributed by atoms with E-state index in [1.807, 2.05) is 43.3 Å². The average Bonchev–Trinajstić information content (AvgIpc) is 3.67. The highest BCUT2D eigenvalue weighted by Gasteiger charge is 2.43. The van der Waals surface area contributed by atoms with Crippen LogP contribution in [-0.2, 0) is 26.1 Å². The number of sulfonamides is 1. The predicted molar refractivity (Wildman–Crippen MR) is 188 cm³/mol. The summed E-state index contributed by atoms with van der Waals surface area (Å²) >= 11 is 0. The zero-order valence-corrected chi connectivity index (χ0v) is 29.6. The van der Waals surface area contributed by atoms with Crippen molar-refractivity contribution >= 4 is 15.7 Å². The van der Waals surface area contributed by atoms with Gasteiger partial charge in [0.2, 0.25) is 10.0 Å². The third-order valence-corrected chi connectivity index (χ3v) is 11.6. The highest BCUT2D eigenvalue weighted by atomic mass is 32.2. The van der Waals surface area contributed by atoms with Gasteiger partial charge in [-0.15, -0.1) is 0 Å². The molecule has 11 nitrogen and oxygen atoms in total. The van der Waals surface area contributed by atoms with Gasteiger partial charge < -0.3 is 23.8 Å². The molecule has 6 rings (SSSR count). The molecule has 3 aromatic carbocycles. The fourth-order valence-corrected chi connectivity index (χ4v) is 8.59. The van der Waals surface area contributed by atoms with Crippen LogP contribution in [0.1, 0.15) is 54.8 Å². The molecule has 0 bridgehead atoms. The Labute approximate surface area is 289 Å². The maximum Gasteiger partial charge on any atom is 0.243 e. The van der Waals surface area contributed by atoms with Crippen LogP contribution in [0, 0.1) is 6.92 Å². The molecule has 2 aliphatic rings. The molecular weight excluding hydrogens is 643 g/mol. The smallest absolute Gasteiger partial charge is 0.243 e. The number of piperidine rings is 1. The molecule has 1 aromatic heterocycles. The van der Waals surface area contributed by atoms with Crippen molar-refractivity contribution in [3.63, 3.8) is 0 Å². The minimum Gasteiger partial charge on any atom is -0.497 e. The number of rotatable bonds is 14. The molecule has 4 atom stereocenters. The van der Waals surface area contributed by atoms with Crippen LogP contribution in [0.3, 0.4) is 0 Å². The van der Waals surface area contributed by atoms with E-state index in [-0.39, 0.29) is 29.4 Å². The van der Waals surface area contributed by atoms with Crippen LogP contribution in [0.4, 0.5) is 5.69 Å². The summed E-state index contributed by atoms with van der Waals surface area (Å²) in [5.41, 5.74) is 4.14. The first kappa shape index (κ1) is 34.9. The van der Waals surface area contributed by atoms with Gasteiger partial charge in [-0.3, -0.25) is 4.68 Å². The summed E-state index contributed by atoms with van der Waals surface area (Å²) in [6, 6.07) is 20.9. The van der Waals surface area contributed by atoms with Gasteiger partial charge in [0, 0.05) is 38.8 Å². The minimum atomic E-state index is -3.85. The maximum absolute atomic E-state index is 14.4. The van der Waals surface area contributed by atoms with Crippen LogP contribution >= 0.6 is 0 Å². The van der Waals surface area contributed by atoms with Crippen molar-refractivity contribution in [2.24, 2.45) is 0 Å². The summed E-state index contributed by atoms with van der Waals surface area (Å²) < 4.78 is 55.8. The van der Waals surface area contributed by atoms with Gasteiger partial charge in [0.1, 0.15) is 30.8 Å². The minimum absolute atomic E-state index is 0.0603. The van der Waals surface area contributed by atoms with Gasteiger partial charge in [-0.2, -0.15) is 9.40 Å². The first-order valence-corrected chi connectivity index (χ1v) is 18.4. The molecule has 49 heavy (non-hydrogen) atoms. The van der Waals surface area contributed by atoms with E-state index in [0.717, 1.165) is 53.4 Å². The Kier molecular flexibility index (Phi) is 11.2. The Morgan fingerprint density at radius 3 is 2.55 bits per heavy atom. The van der Waals surface area contributed by atoms with Gasteiger partial charge in [0.25, 0.3) is 0 Å². The first-order chi connectivity index (χ1) is 23.8. The molecule has 0 amide bonds. The van der Waals surface area contributed by atoms with Crippen LogP contribution in [-0.4, -0.2) is 86.7 Å². The van der Waals surface area contributed by atoms with Crippen molar-refractivity contribution in [1.29, 1.82) is 0 Å². The summed E-state index contributed by atoms with van der Waals surface area (Å²) in [7, 11) is -0.476. The zero-order chi connectivity index (χ0) is 34.4. The van der Waals surface area contributed by atoms with Crippen molar-refractivity contribution in [2.45, 2.75) is 68.7 Å². The molecule has 0 spiro atoms. The van der Waals surface area contributed by atoms with Crippen LogP contribution in [0.15, 0.2) is 84.3 Å². The number of fused-ring (bicyclic) bond motifs is 1. The van der Waals surface area contributed by atoms with E-state index < -0.39 is 16.1 Å². The number of aromatic nitrogens is 3. The third-order valence-electron chi connectivity index (χ3n) is 9.64. The van der Waals surface area contributed by atoms with Crippen LogP contribution < -0.4 is 14.4 Å². The summed E-state index contributed by atoms with van der Waals surface area (Å²) in [6.45, 7) is 7.56. The molecule has 1 saturated heterocycles. The number of benzene rings is 3. The monoisotopic (exact) mass is 689 g/mol. The number of hydrogen-bond acceptors (Lipinski definition) is 9. The highest BCUT2D eigenvalue weighted by molar-refractivity contribution is 7.89. The van der Waals surface area contributed by atoms with Crippen molar-refractivity contribution in [3.8, 4) is 11.5 Å². The summed E-state index contributed by atoms with van der Waals surface area (Å²) in [4.78, 5) is 6.74. The second-order valence-corrected chi connectivity index (χ2v) is 14.8. The largest absolute Gasteiger partial charge is 0.497 e. The fourth-order valence-electron chi connectivity index (χ4n) is 6.93. The van der Waals surface area contributed by atoms with E-state index in [1.54, 1.807) is 41.7 Å². The average molecular weight is 690 g/mol. The second kappa shape index (κ2) is 15.7. The Bertz CT molecular complexity index is 1750. The molecule has 2 aliphatic heterocycles. The normalized spacial score (nSPS) is 20.4. The summed E-state index contributed by atoms with van der Waals surface area (Å²) in [5, 5.41) is 4.35. The molecule has 0 aliphatic carbocycles. The lowest BCUT2D eigenvalue weighted by atomic mass is 9.82. The van der Waals surface area contributed by atoms with Crippen LogP contribution in [0.2, 0.25) is 0 Å². The topological polar surface area (TPSA) is 108 Å². The second-order valence-electron chi connectivity index (χ2n) is 13.0. The van der Waals surface area contributed by atoms with Crippen molar-refractivity contribution in [1.82, 2.24) is 19.1 Å². The summed E-state index contributed by atoms with van der Waals surface area (Å²) in [6.07, 6.45) is 4.85. The van der Waals surface area contributed by atoms with Gasteiger partial charge in [0.05, 0.1) is 43.0 Å². The fraction of sp³-hybridized carbons (Fsp3) is 0.459. The molecule has 0 radical (unpaired) electrons. The molecule has 4 aromatic rings. The lowest BCUT2D eigenvalue weighted by Gasteiger charge is -2.44. The Balaban J connectivity index is 1.31. The lowest BCUT2D eigenvalue weighted by Crippen LogP contribution is -2.52. The third kappa shape index (κ3) is 8.09. The van der Waals surface area contributed by atoms with E-state index in [2.05, 4.69) is 40.1 Å². The number of methoxy groups -OCH3 is 2. The Morgan fingerprint density at radius 1 is 1.04 bits per heavy atom. The molecule has 262 valence electrons. The number of hydrogen-bond donors (Lipinski definition) is 0. The van der Waals surface area contributed by atoms with Crippen LogP contribution in [0.25, 0.3) is 0 Å². The van der Waals surface area contributed by atoms with Gasteiger partial charge in [0.15, 0.2) is 0 Å². The quantitative estimate of drug-likeness (QED) is 0.156. The van der Waals surface area contributed by atoms with Gasteiger partial charge >= 0.3 is 0 Å². The Hall–Kier alpha value is -3.97. The molecule has 12 heteroatoms. The molecule has 1 fully saturated rings. The molecule has 0 N–H and O–H groups in total. The lowest BCUT2D eigenvalue weighted by molar-refractivity contribution is -0.0224. The Morgan fingerprint density at radius 2 is 1.84 bits per heavy atom. The van der Waals surface area contributed by atoms with Crippen molar-refractivity contribution < 1.29 is 27.4 Å². The maximum atomic E-state index is 14.4. The van der Waals surface area contributed by atoms with Gasteiger partial charge in [-0.05, 0) is 80.6 Å². The number of nitrogens with zero attached hydrogens (tertiary/aromatic N) is 5. The number of anilines is 1. The van der Waals surface area contributed by atoms with E-state index >= 15 is 0 Å². The van der Waals surface area contributed by atoms with E-state index in [0.29, 0.717) is 32.7 Å². The standard InChI is InChI=1S/C37H47N5O6S/c1-27-6-13-33(14-7-27)49(43,44)42-23-37(48-24-29-8-15-36-35(21-29)40(17-19-47-36)16-5-18-45-3)34(30-9-11-32(46-4)12-10-30)22-31(42)20-28(2)41-26-38-25-39-41/h6-15,21,25-26,28,31,34,37H,5,16-20,22-24H2,1-4H3/t28-,31+,34-,37+/m1/s1. The van der Waals surface area contributed by atoms with Crippen molar-refractivity contribution in [3.05, 3.63) is 96.1 Å². The predicted octanol–water partition coefficient (Wildman–Crippen LogP) is 5.61. The van der Waals surface area contributed by atoms with E-state index in [4.69, 9.17) is 18.9 Å². The van der Waals surface area contributed by atoms with Gasteiger partial charge in [-0.1, -0.05) is 35.9 Å². The number of aryl methyl sites for hydroxylation is 1. The summed E-state index contributed by atoms with van der Waals surface area (Å²) in [5.74, 6) is 1.57. The van der Waals surface area contributed by atoms with Crippen LogP contribution in [0.5, 0.6) is 11.5 Å². The van der Waals surface area contributed by atoms with E-state index in [9.17, 15) is 8.42 Å². The van der Waals surface area contributed by atoms with Crippen molar-refractivity contribution in [2.75, 3.05) is 52.0 Å². The number of ether oxygens (including phenoxy) is 4. The first-order valence-electron chi connectivity index (χ1n) is 16.9.